The number of fused-ring (bicyclic) bond motifs is 1. The lowest BCUT2D eigenvalue weighted by Gasteiger charge is -2.43. The first-order valence-electron chi connectivity index (χ1n) is 8.52. The van der Waals surface area contributed by atoms with E-state index in [0.717, 1.165) is 43.6 Å². The molecular weight excluding hydrogens is 263 g/mol. The molecule has 2 aliphatic rings. The van der Waals surface area contributed by atoms with Crippen LogP contribution in [0.15, 0.2) is 18.2 Å². The average molecular weight is 290 g/mol. The molecule has 1 aliphatic carbocycles. The normalized spacial score (nSPS) is 25.7. The molecule has 2 unspecified atom stereocenters. The Hall–Kier alpha value is -1.09. The maximum Gasteiger partial charge on any atom is 0.123 e. The molecule has 2 fully saturated rings. The van der Waals surface area contributed by atoms with Crippen molar-refractivity contribution in [3.05, 3.63) is 29.6 Å². The predicted molar refractivity (Wildman–Crippen MR) is 86.1 cm³/mol. The van der Waals surface area contributed by atoms with E-state index in [1.54, 1.807) is 12.1 Å². The monoisotopic (exact) mass is 290 g/mol. The minimum atomic E-state index is -0.126. The zero-order chi connectivity index (χ0) is 14.7. The minimum Gasteiger partial charge on any atom is -0.371 e. The van der Waals surface area contributed by atoms with Crippen molar-refractivity contribution in [3.63, 3.8) is 0 Å². The van der Waals surface area contributed by atoms with E-state index in [4.69, 9.17) is 0 Å². The van der Waals surface area contributed by atoms with Crippen molar-refractivity contribution in [2.24, 2.45) is 11.8 Å². The van der Waals surface area contributed by atoms with Gasteiger partial charge in [-0.15, -0.1) is 0 Å². The Morgan fingerprint density at radius 3 is 2.81 bits per heavy atom. The van der Waals surface area contributed by atoms with Crippen molar-refractivity contribution in [1.29, 1.82) is 0 Å². The number of hydrogen-bond donors (Lipinski definition) is 1. The molecule has 1 N–H and O–H groups in total. The SMILES string of the molecule is CCNCc1cc(F)ccc1N1CCC2CCCCC2C1. The number of nitrogens with zero attached hydrogens (tertiary/aromatic N) is 1. The summed E-state index contributed by atoms with van der Waals surface area (Å²) in [4.78, 5) is 2.50. The summed E-state index contributed by atoms with van der Waals surface area (Å²) in [6.45, 7) is 6.06. The number of hydrogen-bond acceptors (Lipinski definition) is 2. The fourth-order valence-corrected chi connectivity index (χ4v) is 4.08. The van der Waals surface area contributed by atoms with Crippen molar-refractivity contribution in [3.8, 4) is 0 Å². The fraction of sp³-hybridized carbons (Fsp3) is 0.667. The van der Waals surface area contributed by atoms with Gasteiger partial charge in [-0.3, -0.25) is 0 Å². The van der Waals surface area contributed by atoms with Crippen LogP contribution >= 0.6 is 0 Å². The van der Waals surface area contributed by atoms with Gasteiger partial charge < -0.3 is 10.2 Å². The molecule has 1 aliphatic heterocycles. The van der Waals surface area contributed by atoms with Gasteiger partial charge in [0.1, 0.15) is 5.82 Å². The lowest BCUT2D eigenvalue weighted by Crippen LogP contribution is -2.42. The van der Waals surface area contributed by atoms with Gasteiger partial charge in [0.2, 0.25) is 0 Å². The number of anilines is 1. The second-order valence-corrected chi connectivity index (χ2v) is 6.59. The van der Waals surface area contributed by atoms with Gasteiger partial charge in [-0.2, -0.15) is 0 Å². The van der Waals surface area contributed by atoms with E-state index in [0.29, 0.717) is 0 Å². The Morgan fingerprint density at radius 2 is 2.00 bits per heavy atom. The van der Waals surface area contributed by atoms with Crippen molar-refractivity contribution < 1.29 is 4.39 Å². The molecule has 2 atom stereocenters. The summed E-state index contributed by atoms with van der Waals surface area (Å²) in [6.07, 6.45) is 6.92. The van der Waals surface area contributed by atoms with Crippen LogP contribution < -0.4 is 10.2 Å². The standard InChI is InChI=1S/C18H27FN2/c1-2-20-12-16-11-17(19)7-8-18(16)21-10-9-14-5-3-4-6-15(14)13-21/h7-8,11,14-15,20H,2-6,9-10,12-13H2,1H3. The van der Waals surface area contributed by atoms with Crippen LogP contribution in [-0.2, 0) is 6.54 Å². The maximum atomic E-state index is 13.6. The largest absolute Gasteiger partial charge is 0.371 e. The summed E-state index contributed by atoms with van der Waals surface area (Å²) < 4.78 is 13.6. The Labute approximate surface area is 127 Å². The molecule has 116 valence electrons. The minimum absolute atomic E-state index is 0.126. The van der Waals surface area contributed by atoms with E-state index in [1.807, 2.05) is 6.07 Å². The molecule has 0 bridgehead atoms. The average Bonchev–Trinajstić information content (AvgIpc) is 2.52. The third kappa shape index (κ3) is 3.39. The molecule has 3 heteroatoms. The lowest BCUT2D eigenvalue weighted by atomic mass is 9.75. The molecule has 0 aromatic heterocycles. The van der Waals surface area contributed by atoms with Crippen LogP contribution in [0.1, 0.15) is 44.6 Å². The first-order valence-corrected chi connectivity index (χ1v) is 8.52. The van der Waals surface area contributed by atoms with Crippen LogP contribution in [0.2, 0.25) is 0 Å². The van der Waals surface area contributed by atoms with Crippen molar-refractivity contribution in [1.82, 2.24) is 5.32 Å². The quantitative estimate of drug-likeness (QED) is 0.903. The van der Waals surface area contributed by atoms with Crippen LogP contribution in [0, 0.1) is 17.7 Å². The molecule has 1 heterocycles. The summed E-state index contributed by atoms with van der Waals surface area (Å²) in [5, 5.41) is 3.33. The zero-order valence-corrected chi connectivity index (χ0v) is 13.1. The van der Waals surface area contributed by atoms with E-state index in [2.05, 4.69) is 17.1 Å². The highest BCUT2D eigenvalue weighted by Gasteiger charge is 2.31. The third-order valence-electron chi connectivity index (χ3n) is 5.24. The highest BCUT2D eigenvalue weighted by molar-refractivity contribution is 5.54. The van der Waals surface area contributed by atoms with Gasteiger partial charge in [0.15, 0.2) is 0 Å². The van der Waals surface area contributed by atoms with Crippen molar-refractivity contribution in [2.75, 3.05) is 24.5 Å². The van der Waals surface area contributed by atoms with E-state index in [-0.39, 0.29) is 5.82 Å². The van der Waals surface area contributed by atoms with Crippen molar-refractivity contribution in [2.45, 2.75) is 45.6 Å². The van der Waals surface area contributed by atoms with Gasteiger partial charge >= 0.3 is 0 Å². The van der Waals surface area contributed by atoms with Crippen LogP contribution in [0.5, 0.6) is 0 Å². The molecule has 1 saturated heterocycles. The molecule has 2 nitrogen and oxygen atoms in total. The Morgan fingerprint density at radius 1 is 1.19 bits per heavy atom. The lowest BCUT2D eigenvalue weighted by molar-refractivity contribution is 0.202. The number of benzene rings is 1. The van der Waals surface area contributed by atoms with E-state index >= 15 is 0 Å². The van der Waals surface area contributed by atoms with Crippen LogP contribution in [0.4, 0.5) is 10.1 Å². The van der Waals surface area contributed by atoms with E-state index < -0.39 is 0 Å². The Balaban J connectivity index is 1.76. The molecule has 0 amide bonds. The number of nitrogens with one attached hydrogen (secondary N) is 1. The van der Waals surface area contributed by atoms with Crippen LogP contribution in [-0.4, -0.2) is 19.6 Å². The summed E-state index contributed by atoms with van der Waals surface area (Å²) in [5.74, 6) is 1.66. The molecule has 1 saturated carbocycles. The summed E-state index contributed by atoms with van der Waals surface area (Å²) >= 11 is 0. The second kappa shape index (κ2) is 6.78. The first-order chi connectivity index (χ1) is 10.3. The molecule has 3 rings (SSSR count). The van der Waals surface area contributed by atoms with Crippen LogP contribution in [0.3, 0.4) is 0 Å². The zero-order valence-electron chi connectivity index (χ0n) is 13.1. The van der Waals surface area contributed by atoms with Gasteiger partial charge in [-0.1, -0.05) is 26.2 Å². The third-order valence-corrected chi connectivity index (χ3v) is 5.24. The maximum absolute atomic E-state index is 13.6. The molecule has 21 heavy (non-hydrogen) atoms. The molecule has 1 aromatic carbocycles. The Bertz CT molecular complexity index is 474. The molecule has 1 aromatic rings. The first kappa shape index (κ1) is 14.8. The summed E-state index contributed by atoms with van der Waals surface area (Å²) in [6, 6.07) is 5.29. The van der Waals surface area contributed by atoms with E-state index in [1.165, 1.54) is 37.8 Å². The van der Waals surface area contributed by atoms with Gasteiger partial charge in [0.25, 0.3) is 0 Å². The van der Waals surface area contributed by atoms with Gasteiger partial charge in [0.05, 0.1) is 0 Å². The van der Waals surface area contributed by atoms with Gasteiger partial charge in [-0.05, 0) is 55.0 Å². The summed E-state index contributed by atoms with van der Waals surface area (Å²) in [7, 11) is 0. The topological polar surface area (TPSA) is 15.3 Å². The highest BCUT2D eigenvalue weighted by Crippen LogP contribution is 2.38. The van der Waals surface area contributed by atoms with Crippen LogP contribution in [0.25, 0.3) is 0 Å². The van der Waals surface area contributed by atoms with Crippen molar-refractivity contribution >= 4 is 5.69 Å². The van der Waals surface area contributed by atoms with Gasteiger partial charge in [-0.25, -0.2) is 4.39 Å². The predicted octanol–water partition coefficient (Wildman–Crippen LogP) is 3.95. The van der Waals surface area contributed by atoms with E-state index in [9.17, 15) is 4.39 Å². The smallest absolute Gasteiger partial charge is 0.123 e. The summed E-state index contributed by atoms with van der Waals surface area (Å²) in [5.41, 5.74) is 2.34. The number of piperidine rings is 1. The molecular formula is C18H27FN2. The fourth-order valence-electron chi connectivity index (χ4n) is 4.08. The van der Waals surface area contributed by atoms with Gasteiger partial charge in [0, 0.05) is 25.3 Å². The second-order valence-electron chi connectivity index (χ2n) is 6.59. The number of halogens is 1. The highest BCUT2D eigenvalue weighted by atomic mass is 19.1. The Kier molecular flexibility index (Phi) is 4.79. The number of rotatable bonds is 4. The molecule has 0 radical (unpaired) electrons. The molecule has 0 spiro atoms.